The van der Waals surface area contributed by atoms with Gasteiger partial charge in [-0.2, -0.15) is 5.10 Å². The number of benzene rings is 2. The first-order valence-corrected chi connectivity index (χ1v) is 11.1. The van der Waals surface area contributed by atoms with Gasteiger partial charge in [0.05, 0.1) is 23.9 Å². The maximum Gasteiger partial charge on any atom is 0.251 e. The van der Waals surface area contributed by atoms with Crippen LogP contribution in [0.3, 0.4) is 0 Å². The molecule has 1 aliphatic carbocycles. The third-order valence-corrected chi connectivity index (χ3v) is 6.20. The molecule has 6 nitrogen and oxygen atoms in total. The number of amides is 1. The number of hydrogen-bond donors (Lipinski definition) is 1. The molecular weight excluding hydrogens is 431 g/mol. The zero-order chi connectivity index (χ0) is 23.8. The third kappa shape index (κ3) is 3.90. The molecule has 0 bridgehead atoms. The van der Waals surface area contributed by atoms with Crippen molar-refractivity contribution >= 4 is 11.7 Å². The Morgan fingerprint density at radius 3 is 2.56 bits per heavy atom. The van der Waals surface area contributed by atoms with Crippen LogP contribution >= 0.6 is 0 Å². The highest BCUT2D eigenvalue weighted by Gasteiger charge is 2.41. The van der Waals surface area contributed by atoms with E-state index in [1.807, 2.05) is 44.2 Å². The number of hydrogen-bond acceptors (Lipinski definition) is 4. The predicted molar refractivity (Wildman–Crippen MR) is 125 cm³/mol. The number of nitrogens with zero attached hydrogens (tertiary/aromatic N) is 3. The van der Waals surface area contributed by atoms with Gasteiger partial charge in [0.2, 0.25) is 0 Å². The summed E-state index contributed by atoms with van der Waals surface area (Å²) in [6.07, 6.45) is 1.77. The first-order valence-electron chi connectivity index (χ1n) is 11.1. The number of carbonyl (C=O) groups excluding carboxylic acids is 2. The van der Waals surface area contributed by atoms with Crippen LogP contribution < -0.4 is 5.32 Å². The monoisotopic (exact) mass is 454 g/mol. The Bertz CT molecular complexity index is 1380. The fraction of sp³-hybridized carbons (Fsp3) is 0.185. The summed E-state index contributed by atoms with van der Waals surface area (Å²) in [5, 5.41) is 7.65. The number of Topliss-reactive ketones (excluding diaryl/α,β-unsaturated/α-hetero) is 1. The molecule has 170 valence electrons. The second-order valence-electron chi connectivity index (χ2n) is 8.54. The number of halogens is 1. The number of aryl methyl sites for hydroxylation is 2. The van der Waals surface area contributed by atoms with Gasteiger partial charge in [-0.25, -0.2) is 14.1 Å². The van der Waals surface area contributed by atoms with Crippen LogP contribution in [0.15, 0.2) is 72.9 Å². The molecule has 0 spiro atoms. The number of nitrogens with one attached hydrogen (secondary N) is 1. The minimum absolute atomic E-state index is 0.100. The van der Waals surface area contributed by atoms with E-state index in [-0.39, 0.29) is 23.9 Å². The molecular formula is C27H23FN4O2. The molecule has 1 amide bonds. The summed E-state index contributed by atoms with van der Waals surface area (Å²) in [5.41, 5.74) is 4.49. The standard InChI is InChI=1S/C27H23FN4O2/c1-16-6-5-7-19(14-16)27(34)30-26-22(33)15-21-24(25(26)18-9-11-20(28)12-10-18)17(2)31-32(21)23-8-3-4-13-29-23/h3-14,25-26H,15H2,1-2H3,(H,30,34)/t25-,26-/m0/s1. The highest BCUT2D eigenvalue weighted by Crippen LogP contribution is 2.38. The lowest BCUT2D eigenvalue weighted by Crippen LogP contribution is -2.48. The van der Waals surface area contributed by atoms with E-state index in [9.17, 15) is 14.0 Å². The van der Waals surface area contributed by atoms with Crippen LogP contribution in [0, 0.1) is 19.7 Å². The molecule has 2 atom stereocenters. The lowest BCUT2D eigenvalue weighted by molar-refractivity contribution is -0.121. The van der Waals surface area contributed by atoms with E-state index in [1.165, 1.54) is 12.1 Å². The highest BCUT2D eigenvalue weighted by atomic mass is 19.1. The van der Waals surface area contributed by atoms with E-state index in [0.29, 0.717) is 11.4 Å². The number of rotatable bonds is 4. The second kappa shape index (κ2) is 8.67. The molecule has 0 aliphatic heterocycles. The number of fused-ring (bicyclic) bond motifs is 1. The van der Waals surface area contributed by atoms with Crippen molar-refractivity contribution in [1.82, 2.24) is 20.1 Å². The van der Waals surface area contributed by atoms with Gasteiger partial charge in [0.25, 0.3) is 5.91 Å². The van der Waals surface area contributed by atoms with Crippen LogP contribution in [0.25, 0.3) is 5.82 Å². The lowest BCUT2D eigenvalue weighted by atomic mass is 9.76. The molecule has 0 radical (unpaired) electrons. The van der Waals surface area contributed by atoms with Crippen molar-refractivity contribution in [2.75, 3.05) is 0 Å². The molecule has 34 heavy (non-hydrogen) atoms. The Morgan fingerprint density at radius 2 is 1.85 bits per heavy atom. The van der Waals surface area contributed by atoms with Crippen LogP contribution in [0.1, 0.15) is 44.4 Å². The highest BCUT2D eigenvalue weighted by molar-refractivity contribution is 6.00. The Kier molecular flexibility index (Phi) is 5.53. The smallest absolute Gasteiger partial charge is 0.251 e. The molecule has 2 aromatic carbocycles. The van der Waals surface area contributed by atoms with Gasteiger partial charge < -0.3 is 5.32 Å². The average Bonchev–Trinajstić information content (AvgIpc) is 3.16. The maximum absolute atomic E-state index is 13.7. The quantitative estimate of drug-likeness (QED) is 0.504. The molecule has 4 aromatic rings. The van der Waals surface area contributed by atoms with Crippen molar-refractivity contribution in [2.24, 2.45) is 0 Å². The van der Waals surface area contributed by atoms with Crippen LogP contribution in [0.4, 0.5) is 4.39 Å². The topological polar surface area (TPSA) is 76.9 Å². The number of pyridine rings is 1. The minimum Gasteiger partial charge on any atom is -0.341 e. The molecule has 0 saturated carbocycles. The van der Waals surface area contributed by atoms with Crippen molar-refractivity contribution in [3.8, 4) is 5.82 Å². The van der Waals surface area contributed by atoms with E-state index in [1.54, 1.807) is 35.1 Å². The maximum atomic E-state index is 13.7. The summed E-state index contributed by atoms with van der Waals surface area (Å²) in [4.78, 5) is 31.0. The van der Waals surface area contributed by atoms with Crippen molar-refractivity contribution < 1.29 is 14.0 Å². The minimum atomic E-state index is -0.814. The summed E-state index contributed by atoms with van der Waals surface area (Å²) in [7, 11) is 0. The van der Waals surface area contributed by atoms with Gasteiger partial charge >= 0.3 is 0 Å². The van der Waals surface area contributed by atoms with Gasteiger partial charge in [-0.3, -0.25) is 9.59 Å². The van der Waals surface area contributed by atoms with Gasteiger partial charge in [-0.1, -0.05) is 35.9 Å². The van der Waals surface area contributed by atoms with E-state index >= 15 is 0 Å². The van der Waals surface area contributed by atoms with Crippen molar-refractivity contribution in [2.45, 2.75) is 32.2 Å². The number of aromatic nitrogens is 3. The van der Waals surface area contributed by atoms with Crippen molar-refractivity contribution in [1.29, 1.82) is 0 Å². The SMILES string of the molecule is Cc1cccc(C(=O)N[C@H]2C(=O)Cc3c(c(C)nn3-c3ccccn3)[C@@H]2c2ccc(F)cc2)c1. The summed E-state index contributed by atoms with van der Waals surface area (Å²) in [5.74, 6) is -0.734. The molecule has 2 heterocycles. The van der Waals surface area contributed by atoms with Crippen molar-refractivity contribution in [3.63, 3.8) is 0 Å². The Labute approximate surface area is 196 Å². The van der Waals surface area contributed by atoms with Gasteiger partial charge in [-0.15, -0.1) is 0 Å². The summed E-state index contributed by atoms with van der Waals surface area (Å²) in [6, 6.07) is 18.0. The van der Waals surface area contributed by atoms with E-state index < -0.39 is 12.0 Å². The molecule has 1 aliphatic rings. The first-order chi connectivity index (χ1) is 16.4. The fourth-order valence-corrected chi connectivity index (χ4v) is 4.66. The van der Waals surface area contributed by atoms with Crippen LogP contribution in [-0.2, 0) is 11.2 Å². The molecule has 0 saturated heterocycles. The van der Waals surface area contributed by atoms with Gasteiger partial charge in [-0.05, 0) is 55.8 Å². The van der Waals surface area contributed by atoms with E-state index in [2.05, 4.69) is 15.4 Å². The predicted octanol–water partition coefficient (Wildman–Crippen LogP) is 4.08. The van der Waals surface area contributed by atoms with E-state index in [4.69, 9.17) is 0 Å². The number of ketones is 1. The van der Waals surface area contributed by atoms with Crippen LogP contribution in [-0.4, -0.2) is 32.5 Å². The Morgan fingerprint density at radius 1 is 1.06 bits per heavy atom. The first kappa shape index (κ1) is 21.7. The largest absolute Gasteiger partial charge is 0.341 e. The zero-order valence-electron chi connectivity index (χ0n) is 18.8. The van der Waals surface area contributed by atoms with Gasteiger partial charge in [0.15, 0.2) is 11.6 Å². The summed E-state index contributed by atoms with van der Waals surface area (Å²) >= 11 is 0. The average molecular weight is 455 g/mol. The summed E-state index contributed by atoms with van der Waals surface area (Å²) in [6.45, 7) is 3.79. The fourth-order valence-electron chi connectivity index (χ4n) is 4.66. The molecule has 0 fully saturated rings. The van der Waals surface area contributed by atoms with E-state index in [0.717, 1.165) is 28.1 Å². The molecule has 5 rings (SSSR count). The van der Waals surface area contributed by atoms with Gasteiger partial charge in [0, 0.05) is 23.2 Å². The van der Waals surface area contributed by atoms with Crippen LogP contribution in [0.2, 0.25) is 0 Å². The third-order valence-electron chi connectivity index (χ3n) is 6.20. The molecule has 1 N–H and O–H groups in total. The molecule has 7 heteroatoms. The second-order valence-corrected chi connectivity index (χ2v) is 8.54. The van der Waals surface area contributed by atoms with Crippen LogP contribution in [0.5, 0.6) is 0 Å². The zero-order valence-corrected chi connectivity index (χ0v) is 18.8. The molecule has 2 aromatic heterocycles. The Hall–Kier alpha value is -4.13. The lowest BCUT2D eigenvalue weighted by Gasteiger charge is -2.32. The normalized spacial score (nSPS) is 17.3. The molecule has 0 unspecified atom stereocenters. The van der Waals surface area contributed by atoms with Crippen molar-refractivity contribution in [3.05, 3.63) is 112 Å². The van der Waals surface area contributed by atoms with Gasteiger partial charge in [0.1, 0.15) is 5.82 Å². The Balaban J connectivity index is 1.62. The summed E-state index contributed by atoms with van der Waals surface area (Å²) < 4.78 is 15.4. The number of carbonyl (C=O) groups is 2.